The SMILES string of the molecule is O=C(Oc1ncccc1CO)c1ccc(/C=C/c2csc3ccccc23)s1. The monoisotopic (exact) mass is 393 g/mol. The molecule has 27 heavy (non-hydrogen) atoms. The van der Waals surface area contributed by atoms with E-state index in [1.54, 1.807) is 29.5 Å². The number of pyridine rings is 1. The molecule has 4 nitrogen and oxygen atoms in total. The minimum Gasteiger partial charge on any atom is -0.403 e. The second kappa shape index (κ2) is 7.84. The van der Waals surface area contributed by atoms with Crippen LogP contribution < -0.4 is 4.74 Å². The number of nitrogens with zero attached hydrogens (tertiary/aromatic N) is 1. The van der Waals surface area contributed by atoms with Gasteiger partial charge >= 0.3 is 5.97 Å². The first kappa shape index (κ1) is 17.6. The van der Waals surface area contributed by atoms with Crippen molar-refractivity contribution in [2.24, 2.45) is 0 Å². The Morgan fingerprint density at radius 2 is 2.00 bits per heavy atom. The average Bonchev–Trinajstić information content (AvgIpc) is 3.34. The molecule has 1 aromatic carbocycles. The van der Waals surface area contributed by atoms with Crippen molar-refractivity contribution in [2.45, 2.75) is 6.61 Å². The fourth-order valence-electron chi connectivity index (χ4n) is 2.63. The van der Waals surface area contributed by atoms with E-state index >= 15 is 0 Å². The lowest BCUT2D eigenvalue weighted by Crippen LogP contribution is -2.09. The molecule has 0 saturated heterocycles. The number of aliphatic hydroxyl groups is 1. The zero-order valence-corrected chi connectivity index (χ0v) is 15.8. The first-order chi connectivity index (χ1) is 13.2. The van der Waals surface area contributed by atoms with Gasteiger partial charge in [0.25, 0.3) is 0 Å². The second-order valence-corrected chi connectivity index (χ2v) is 7.76. The quantitative estimate of drug-likeness (QED) is 0.471. The van der Waals surface area contributed by atoms with Gasteiger partial charge in [0.05, 0.1) is 6.61 Å². The third-order valence-corrected chi connectivity index (χ3v) is 5.99. The van der Waals surface area contributed by atoms with E-state index in [-0.39, 0.29) is 12.5 Å². The van der Waals surface area contributed by atoms with E-state index in [0.29, 0.717) is 10.4 Å². The molecule has 0 aliphatic rings. The van der Waals surface area contributed by atoms with Crippen molar-refractivity contribution < 1.29 is 14.6 Å². The number of carbonyl (C=O) groups is 1. The highest BCUT2D eigenvalue weighted by Crippen LogP contribution is 2.28. The van der Waals surface area contributed by atoms with E-state index < -0.39 is 5.97 Å². The van der Waals surface area contributed by atoms with Gasteiger partial charge in [-0.05, 0) is 52.7 Å². The summed E-state index contributed by atoms with van der Waals surface area (Å²) in [6.07, 6.45) is 5.58. The molecule has 0 spiro atoms. The van der Waals surface area contributed by atoms with E-state index in [0.717, 1.165) is 10.4 Å². The van der Waals surface area contributed by atoms with Crippen LogP contribution >= 0.6 is 22.7 Å². The lowest BCUT2D eigenvalue weighted by Gasteiger charge is -2.05. The predicted octanol–water partition coefficient (Wildman–Crippen LogP) is 5.24. The van der Waals surface area contributed by atoms with Gasteiger partial charge in [-0.25, -0.2) is 9.78 Å². The van der Waals surface area contributed by atoms with Crippen LogP contribution in [0, 0.1) is 0 Å². The Morgan fingerprint density at radius 3 is 2.89 bits per heavy atom. The number of ether oxygens (including phenoxy) is 1. The summed E-state index contributed by atoms with van der Waals surface area (Å²) in [5, 5.41) is 12.7. The highest BCUT2D eigenvalue weighted by molar-refractivity contribution is 7.17. The van der Waals surface area contributed by atoms with Crippen molar-refractivity contribution in [3.8, 4) is 5.88 Å². The second-order valence-electron chi connectivity index (χ2n) is 5.74. The van der Waals surface area contributed by atoms with Gasteiger partial charge in [-0.3, -0.25) is 0 Å². The zero-order chi connectivity index (χ0) is 18.6. The number of thiophene rings is 2. The minimum absolute atomic E-state index is 0.139. The summed E-state index contributed by atoms with van der Waals surface area (Å²) in [5.41, 5.74) is 1.64. The lowest BCUT2D eigenvalue weighted by atomic mass is 10.1. The average molecular weight is 393 g/mol. The Hall–Kier alpha value is -2.80. The fourth-order valence-corrected chi connectivity index (χ4v) is 4.34. The summed E-state index contributed by atoms with van der Waals surface area (Å²) in [6, 6.07) is 15.3. The molecular weight excluding hydrogens is 378 g/mol. The maximum absolute atomic E-state index is 12.3. The Balaban J connectivity index is 1.50. The van der Waals surface area contributed by atoms with Gasteiger partial charge in [-0.15, -0.1) is 22.7 Å². The van der Waals surface area contributed by atoms with E-state index in [1.165, 1.54) is 27.6 Å². The first-order valence-electron chi connectivity index (χ1n) is 8.25. The summed E-state index contributed by atoms with van der Waals surface area (Å²) in [6.45, 7) is -0.233. The molecule has 3 heterocycles. The first-order valence-corrected chi connectivity index (χ1v) is 9.95. The number of fused-ring (bicyclic) bond motifs is 1. The Kier molecular flexibility index (Phi) is 5.11. The standard InChI is InChI=1S/C21H15NO3S2/c23-12-14-4-3-11-22-20(14)25-21(24)19-10-9-16(27-19)8-7-15-13-26-18-6-2-1-5-17(15)18/h1-11,13,23H,12H2/b8-7+. The van der Waals surface area contributed by atoms with Crippen LogP contribution in [0.1, 0.15) is 25.7 Å². The topological polar surface area (TPSA) is 59.4 Å². The molecule has 0 radical (unpaired) electrons. The number of hydrogen-bond acceptors (Lipinski definition) is 6. The van der Waals surface area contributed by atoms with Gasteiger partial charge in [0, 0.05) is 21.3 Å². The molecule has 0 atom stereocenters. The van der Waals surface area contributed by atoms with E-state index in [2.05, 4.69) is 28.6 Å². The molecule has 4 aromatic rings. The maximum atomic E-state index is 12.3. The molecule has 0 aliphatic heterocycles. The summed E-state index contributed by atoms with van der Waals surface area (Å²) in [4.78, 5) is 17.8. The number of rotatable bonds is 5. The van der Waals surface area contributed by atoms with Crippen molar-refractivity contribution in [2.75, 3.05) is 0 Å². The van der Waals surface area contributed by atoms with Crippen LogP contribution in [0.3, 0.4) is 0 Å². The lowest BCUT2D eigenvalue weighted by molar-refractivity contribution is 0.0728. The third kappa shape index (κ3) is 3.83. The Morgan fingerprint density at radius 1 is 1.11 bits per heavy atom. The van der Waals surface area contributed by atoms with Crippen LogP contribution in [0.5, 0.6) is 5.88 Å². The van der Waals surface area contributed by atoms with Gasteiger partial charge in [0.15, 0.2) is 0 Å². The maximum Gasteiger partial charge on any atom is 0.355 e. The molecular formula is C21H15NO3S2. The molecule has 1 N–H and O–H groups in total. The summed E-state index contributed by atoms with van der Waals surface area (Å²) in [7, 11) is 0. The summed E-state index contributed by atoms with van der Waals surface area (Å²) >= 11 is 3.07. The number of hydrogen-bond donors (Lipinski definition) is 1. The zero-order valence-electron chi connectivity index (χ0n) is 14.2. The van der Waals surface area contributed by atoms with Crippen LogP contribution in [0.15, 0.2) is 60.1 Å². The molecule has 0 saturated carbocycles. The highest BCUT2D eigenvalue weighted by Gasteiger charge is 2.14. The Labute approximate surface area is 164 Å². The smallest absolute Gasteiger partial charge is 0.355 e. The number of benzene rings is 1. The highest BCUT2D eigenvalue weighted by atomic mass is 32.1. The molecule has 134 valence electrons. The normalized spacial score (nSPS) is 11.3. The number of aliphatic hydroxyl groups excluding tert-OH is 1. The van der Waals surface area contributed by atoms with Crippen LogP contribution in [0.2, 0.25) is 0 Å². The molecule has 0 amide bonds. The number of esters is 1. The van der Waals surface area contributed by atoms with Crippen LogP contribution in [-0.2, 0) is 6.61 Å². The molecule has 3 aromatic heterocycles. The van der Waals surface area contributed by atoms with Crippen molar-refractivity contribution >= 4 is 50.9 Å². The molecule has 0 bridgehead atoms. The molecule has 4 rings (SSSR count). The van der Waals surface area contributed by atoms with Crippen molar-refractivity contribution in [1.29, 1.82) is 0 Å². The van der Waals surface area contributed by atoms with Crippen molar-refractivity contribution in [1.82, 2.24) is 4.98 Å². The molecule has 0 fully saturated rings. The van der Waals surface area contributed by atoms with E-state index in [1.807, 2.05) is 24.3 Å². The van der Waals surface area contributed by atoms with Crippen LogP contribution in [-0.4, -0.2) is 16.1 Å². The van der Waals surface area contributed by atoms with E-state index in [4.69, 9.17) is 4.74 Å². The van der Waals surface area contributed by atoms with Gasteiger partial charge < -0.3 is 9.84 Å². The Bertz CT molecular complexity index is 1130. The van der Waals surface area contributed by atoms with Crippen molar-refractivity contribution in [3.05, 3.63) is 81.0 Å². The largest absolute Gasteiger partial charge is 0.403 e. The van der Waals surface area contributed by atoms with E-state index in [9.17, 15) is 9.90 Å². The number of aromatic nitrogens is 1. The number of carbonyl (C=O) groups excluding carboxylic acids is 1. The van der Waals surface area contributed by atoms with Crippen LogP contribution in [0.4, 0.5) is 0 Å². The van der Waals surface area contributed by atoms with Gasteiger partial charge in [-0.1, -0.05) is 24.3 Å². The van der Waals surface area contributed by atoms with Crippen LogP contribution in [0.25, 0.3) is 22.2 Å². The van der Waals surface area contributed by atoms with Gasteiger partial charge in [-0.2, -0.15) is 0 Å². The third-order valence-electron chi connectivity index (χ3n) is 3.98. The summed E-state index contributed by atoms with van der Waals surface area (Å²) < 4.78 is 6.57. The molecule has 6 heteroatoms. The predicted molar refractivity (Wildman–Crippen MR) is 110 cm³/mol. The van der Waals surface area contributed by atoms with Gasteiger partial charge in [0.1, 0.15) is 4.88 Å². The molecule has 0 aliphatic carbocycles. The van der Waals surface area contributed by atoms with Crippen molar-refractivity contribution in [3.63, 3.8) is 0 Å². The van der Waals surface area contributed by atoms with Gasteiger partial charge in [0.2, 0.25) is 5.88 Å². The summed E-state index contributed by atoms with van der Waals surface area (Å²) in [5.74, 6) is -0.339. The minimum atomic E-state index is -0.478. The molecule has 0 unspecified atom stereocenters. The fraction of sp³-hybridized carbons (Fsp3) is 0.0476.